The quantitative estimate of drug-likeness (QED) is 0.637. The predicted octanol–water partition coefficient (Wildman–Crippen LogP) is 4.78. The second-order valence-electron chi connectivity index (χ2n) is 9.79. The number of esters is 1. The van der Waals surface area contributed by atoms with E-state index < -0.39 is 17.7 Å². The van der Waals surface area contributed by atoms with Crippen LogP contribution in [-0.2, 0) is 15.1 Å². The highest BCUT2D eigenvalue weighted by Crippen LogP contribution is 2.61. The van der Waals surface area contributed by atoms with Gasteiger partial charge in [0.25, 0.3) is 0 Å². The Labute approximate surface area is 190 Å². The molecule has 168 valence electrons. The topological polar surface area (TPSA) is 87.1 Å². The first kappa shape index (κ1) is 22.3. The van der Waals surface area contributed by atoms with Gasteiger partial charge >= 0.3 is 12.1 Å². The summed E-state index contributed by atoms with van der Waals surface area (Å²) in [6.07, 6.45) is 1.08. The zero-order valence-corrected chi connectivity index (χ0v) is 19.7. The van der Waals surface area contributed by atoms with E-state index in [0.717, 1.165) is 12.8 Å². The molecule has 6 nitrogen and oxygen atoms in total. The molecule has 31 heavy (non-hydrogen) atoms. The van der Waals surface area contributed by atoms with Gasteiger partial charge in [0, 0.05) is 19.0 Å². The Balaban J connectivity index is 1.56. The van der Waals surface area contributed by atoms with Gasteiger partial charge in [-0.05, 0) is 53.0 Å². The van der Waals surface area contributed by atoms with Crippen LogP contribution in [0.15, 0.2) is 35.0 Å². The van der Waals surface area contributed by atoms with E-state index in [4.69, 9.17) is 4.74 Å². The number of ether oxygens (including phenoxy) is 1. The van der Waals surface area contributed by atoms with E-state index in [2.05, 4.69) is 20.8 Å². The summed E-state index contributed by atoms with van der Waals surface area (Å²) in [5, 5.41) is 24.5. The number of carboxylic acid groups (broad SMARTS) is 1. The highest BCUT2D eigenvalue weighted by Gasteiger charge is 2.61. The van der Waals surface area contributed by atoms with Crippen molar-refractivity contribution >= 4 is 34.7 Å². The lowest BCUT2D eigenvalue weighted by molar-refractivity contribution is -0.215. The van der Waals surface area contributed by atoms with Crippen LogP contribution < -0.4 is 0 Å². The minimum Gasteiger partial charge on any atom is -0.465 e. The third-order valence-electron chi connectivity index (χ3n) is 6.91. The second kappa shape index (κ2) is 7.90. The maximum Gasteiger partial charge on any atom is 0.407 e. The van der Waals surface area contributed by atoms with Crippen LogP contribution in [0.2, 0.25) is 0 Å². The lowest BCUT2D eigenvalue weighted by atomic mass is 9.47. The fourth-order valence-corrected chi connectivity index (χ4v) is 7.35. The summed E-state index contributed by atoms with van der Waals surface area (Å²) in [7, 11) is 0. The van der Waals surface area contributed by atoms with Crippen molar-refractivity contribution in [2.75, 3.05) is 13.1 Å². The second-order valence-corrected chi connectivity index (χ2v) is 11.7. The fraction of sp³-hybridized carbons (Fsp3) is 0.565. The van der Waals surface area contributed by atoms with Crippen molar-refractivity contribution in [2.45, 2.75) is 51.7 Å². The molecule has 2 fully saturated rings. The van der Waals surface area contributed by atoms with Crippen molar-refractivity contribution in [1.29, 1.82) is 0 Å². The van der Waals surface area contributed by atoms with Crippen LogP contribution in [-0.4, -0.2) is 46.4 Å². The average molecular weight is 464 g/mol. The average Bonchev–Trinajstić information content (AvgIpc) is 3.39. The molecule has 1 aliphatic heterocycles. The first-order valence-corrected chi connectivity index (χ1v) is 12.3. The molecule has 1 aliphatic carbocycles. The summed E-state index contributed by atoms with van der Waals surface area (Å²) in [6, 6.07) is 7.16. The molecule has 2 aromatic rings. The molecule has 1 saturated carbocycles. The molecule has 2 N–H and O–H groups in total. The summed E-state index contributed by atoms with van der Waals surface area (Å²) < 4.78 is 6.03. The van der Waals surface area contributed by atoms with Crippen molar-refractivity contribution < 1.29 is 24.5 Å². The standard InChI is InChI=1S/C23H29NO5S2/c1-21(2,3)18-15(14-22(18)8-10-24(11-9-22)20(26)27)29-19(25)23(28,16-6-4-12-30-16)17-7-5-13-31-17/h4-7,12-13,15,18,28H,8-11,14H2,1-3H3,(H,26,27). The highest BCUT2D eigenvalue weighted by atomic mass is 32.1. The van der Waals surface area contributed by atoms with Crippen molar-refractivity contribution in [3.05, 3.63) is 44.8 Å². The summed E-state index contributed by atoms with van der Waals surface area (Å²) in [5.41, 5.74) is -1.95. The number of thiophene rings is 2. The Hall–Kier alpha value is -1.90. The van der Waals surface area contributed by atoms with Gasteiger partial charge in [0.15, 0.2) is 0 Å². The molecule has 4 rings (SSSR count). The van der Waals surface area contributed by atoms with Crippen LogP contribution in [0.5, 0.6) is 0 Å². The third kappa shape index (κ3) is 3.79. The largest absolute Gasteiger partial charge is 0.465 e. The van der Waals surface area contributed by atoms with Crippen molar-refractivity contribution in [3.8, 4) is 0 Å². The Bertz CT molecular complexity index is 890. The van der Waals surface area contributed by atoms with Gasteiger partial charge in [0.2, 0.25) is 5.60 Å². The molecule has 0 radical (unpaired) electrons. The number of likely N-dealkylation sites (tertiary alicyclic amines) is 1. The van der Waals surface area contributed by atoms with Crippen molar-refractivity contribution in [2.24, 2.45) is 16.7 Å². The number of hydrogen-bond acceptors (Lipinski definition) is 6. The molecule has 3 heterocycles. The molecule has 2 aromatic heterocycles. The minimum atomic E-state index is -1.81. The molecule has 0 bridgehead atoms. The third-order valence-corrected chi connectivity index (χ3v) is 8.87. The van der Waals surface area contributed by atoms with Crippen LogP contribution in [0.25, 0.3) is 0 Å². The minimum absolute atomic E-state index is 0.0286. The van der Waals surface area contributed by atoms with E-state index >= 15 is 0 Å². The number of rotatable bonds is 4. The first-order valence-electron chi connectivity index (χ1n) is 10.6. The van der Waals surface area contributed by atoms with Crippen molar-refractivity contribution in [3.63, 3.8) is 0 Å². The normalized spacial score (nSPS) is 23.4. The zero-order chi connectivity index (χ0) is 22.4. The van der Waals surface area contributed by atoms with Gasteiger partial charge in [-0.15, -0.1) is 22.7 Å². The molecule has 1 amide bonds. The SMILES string of the molecule is CC(C)(C)C1C(OC(=O)C(O)(c2cccs2)c2cccs2)CC12CCN(C(=O)O)CC2. The maximum absolute atomic E-state index is 13.4. The van der Waals surface area contributed by atoms with E-state index in [9.17, 15) is 19.8 Å². The predicted molar refractivity (Wildman–Crippen MR) is 120 cm³/mol. The Kier molecular flexibility index (Phi) is 5.69. The Morgan fingerprint density at radius 2 is 1.65 bits per heavy atom. The number of hydrogen-bond donors (Lipinski definition) is 2. The molecule has 1 saturated heterocycles. The molecule has 1 spiro atoms. The summed E-state index contributed by atoms with van der Waals surface area (Å²) >= 11 is 2.67. The van der Waals surface area contributed by atoms with E-state index in [0.29, 0.717) is 29.3 Å². The van der Waals surface area contributed by atoms with Gasteiger partial charge in [-0.25, -0.2) is 9.59 Å². The van der Waals surface area contributed by atoms with Gasteiger partial charge in [-0.1, -0.05) is 32.9 Å². The Morgan fingerprint density at radius 3 is 2.06 bits per heavy atom. The Morgan fingerprint density at radius 1 is 1.10 bits per heavy atom. The molecule has 8 heteroatoms. The molecule has 2 unspecified atom stereocenters. The van der Waals surface area contributed by atoms with Gasteiger partial charge in [-0.3, -0.25) is 0 Å². The summed E-state index contributed by atoms with van der Waals surface area (Å²) in [4.78, 5) is 27.3. The number of aliphatic hydroxyl groups is 1. The van der Waals surface area contributed by atoms with Gasteiger partial charge in [0.1, 0.15) is 6.10 Å². The molecular weight excluding hydrogens is 434 g/mol. The fourth-order valence-electron chi connectivity index (χ4n) is 5.64. The van der Waals surface area contributed by atoms with Crippen LogP contribution in [0.4, 0.5) is 4.79 Å². The number of piperidine rings is 1. The van der Waals surface area contributed by atoms with E-state index in [1.165, 1.54) is 27.6 Å². The van der Waals surface area contributed by atoms with E-state index in [1.54, 1.807) is 12.1 Å². The van der Waals surface area contributed by atoms with Crippen LogP contribution in [0.1, 0.15) is 49.8 Å². The number of amides is 1. The first-order chi connectivity index (χ1) is 14.6. The zero-order valence-electron chi connectivity index (χ0n) is 18.0. The van der Waals surface area contributed by atoms with E-state index in [-0.39, 0.29) is 22.9 Å². The van der Waals surface area contributed by atoms with Crippen LogP contribution >= 0.6 is 22.7 Å². The van der Waals surface area contributed by atoms with Gasteiger partial charge < -0.3 is 19.8 Å². The molecule has 2 aliphatic rings. The molecule has 2 atom stereocenters. The van der Waals surface area contributed by atoms with Gasteiger partial charge in [0.05, 0.1) is 9.75 Å². The van der Waals surface area contributed by atoms with Crippen LogP contribution in [0, 0.1) is 16.7 Å². The summed E-state index contributed by atoms with van der Waals surface area (Å²) in [6.45, 7) is 7.46. The number of nitrogens with zero attached hydrogens (tertiary/aromatic N) is 1. The van der Waals surface area contributed by atoms with Gasteiger partial charge in [-0.2, -0.15) is 0 Å². The lowest BCUT2D eigenvalue weighted by Gasteiger charge is -2.62. The number of carbonyl (C=O) groups excluding carboxylic acids is 1. The monoisotopic (exact) mass is 463 g/mol. The molecule has 0 aromatic carbocycles. The summed E-state index contributed by atoms with van der Waals surface area (Å²) in [5.74, 6) is -0.523. The maximum atomic E-state index is 13.4. The molecular formula is C23H29NO5S2. The lowest BCUT2D eigenvalue weighted by Crippen LogP contribution is -2.62. The van der Waals surface area contributed by atoms with E-state index in [1.807, 2.05) is 22.9 Å². The van der Waals surface area contributed by atoms with Crippen LogP contribution in [0.3, 0.4) is 0 Å². The van der Waals surface area contributed by atoms with Crippen molar-refractivity contribution in [1.82, 2.24) is 4.90 Å². The smallest absolute Gasteiger partial charge is 0.407 e. The highest BCUT2D eigenvalue weighted by molar-refractivity contribution is 7.12. The number of carbonyl (C=O) groups is 2.